The minimum absolute atomic E-state index is 0.382. The Labute approximate surface area is 129 Å². The first-order valence-corrected chi connectivity index (χ1v) is 7.83. The summed E-state index contributed by atoms with van der Waals surface area (Å²) in [4.78, 5) is 2.28. The van der Waals surface area contributed by atoms with Crippen molar-refractivity contribution in [1.82, 2.24) is 10.2 Å². The Kier molecular flexibility index (Phi) is 6.29. The summed E-state index contributed by atoms with van der Waals surface area (Å²) < 4.78 is 11.9. The fourth-order valence-electron chi connectivity index (χ4n) is 2.37. The van der Waals surface area contributed by atoms with Crippen LogP contribution < -0.4 is 10.1 Å². The van der Waals surface area contributed by atoms with Crippen molar-refractivity contribution in [3.63, 3.8) is 0 Å². The van der Waals surface area contributed by atoms with E-state index in [0.29, 0.717) is 6.04 Å². The highest BCUT2D eigenvalue weighted by Gasteiger charge is 2.21. The lowest BCUT2D eigenvalue weighted by Crippen LogP contribution is -2.35. The molecule has 1 aliphatic rings. The first-order chi connectivity index (χ1) is 9.70. The molecule has 0 bridgehead atoms. The molecule has 2 rings (SSSR count). The van der Waals surface area contributed by atoms with Crippen molar-refractivity contribution in [2.24, 2.45) is 0 Å². The smallest absolute Gasteiger partial charge is 0.124 e. The van der Waals surface area contributed by atoms with Gasteiger partial charge in [0.15, 0.2) is 0 Å². The Bertz CT molecular complexity index is 428. The van der Waals surface area contributed by atoms with E-state index in [1.807, 2.05) is 12.1 Å². The normalized spacial score (nSPS) is 17.9. The summed E-state index contributed by atoms with van der Waals surface area (Å²) >= 11 is 3.53. The van der Waals surface area contributed by atoms with Crippen molar-refractivity contribution in [3.8, 4) is 5.75 Å². The largest absolute Gasteiger partial charge is 0.493 e. The van der Waals surface area contributed by atoms with E-state index in [-0.39, 0.29) is 0 Å². The number of halogens is 1. The second kappa shape index (κ2) is 7.98. The zero-order valence-corrected chi connectivity index (χ0v) is 13.8. The van der Waals surface area contributed by atoms with Gasteiger partial charge in [-0.1, -0.05) is 15.9 Å². The van der Waals surface area contributed by atoms with Crippen molar-refractivity contribution in [2.75, 3.05) is 47.0 Å². The van der Waals surface area contributed by atoms with Crippen LogP contribution in [0.4, 0.5) is 0 Å². The molecule has 5 heteroatoms. The van der Waals surface area contributed by atoms with Gasteiger partial charge in [0.25, 0.3) is 0 Å². The molecule has 1 aromatic rings. The average Bonchev–Trinajstić information content (AvgIpc) is 2.45. The summed E-state index contributed by atoms with van der Waals surface area (Å²) in [5, 5.41) is 3.63. The first-order valence-electron chi connectivity index (χ1n) is 7.04. The van der Waals surface area contributed by atoms with Crippen molar-refractivity contribution in [1.29, 1.82) is 0 Å². The molecular formula is C15H23BrN2O2. The van der Waals surface area contributed by atoms with Gasteiger partial charge in [-0.15, -0.1) is 0 Å². The molecule has 0 fully saturated rings. The van der Waals surface area contributed by atoms with Crippen LogP contribution in [0.25, 0.3) is 0 Å². The number of hydrogen-bond acceptors (Lipinski definition) is 4. The molecule has 20 heavy (non-hydrogen) atoms. The molecule has 1 aliphatic heterocycles. The summed E-state index contributed by atoms with van der Waals surface area (Å²) in [6.07, 6.45) is 1.02. The van der Waals surface area contributed by atoms with Crippen LogP contribution >= 0.6 is 15.9 Å². The second-order valence-electron chi connectivity index (χ2n) is 5.12. The highest BCUT2D eigenvalue weighted by molar-refractivity contribution is 9.10. The molecule has 1 heterocycles. The van der Waals surface area contributed by atoms with Gasteiger partial charge in [-0.3, -0.25) is 0 Å². The zero-order chi connectivity index (χ0) is 14.4. The van der Waals surface area contributed by atoms with Crippen LogP contribution in [0.3, 0.4) is 0 Å². The first kappa shape index (κ1) is 15.8. The average molecular weight is 343 g/mol. The van der Waals surface area contributed by atoms with E-state index in [9.17, 15) is 0 Å². The number of rotatable bonds is 7. The van der Waals surface area contributed by atoms with E-state index in [4.69, 9.17) is 9.47 Å². The predicted octanol–water partition coefficient (Wildman–Crippen LogP) is 2.44. The Hall–Kier alpha value is -0.620. The van der Waals surface area contributed by atoms with E-state index >= 15 is 0 Å². The van der Waals surface area contributed by atoms with Crippen LogP contribution in [-0.4, -0.2) is 51.9 Å². The minimum Gasteiger partial charge on any atom is -0.493 e. The number of benzene rings is 1. The molecule has 1 atom stereocenters. The molecule has 4 nitrogen and oxygen atoms in total. The lowest BCUT2D eigenvalue weighted by atomic mass is 10.0. The summed E-state index contributed by atoms with van der Waals surface area (Å²) in [6, 6.07) is 6.60. The third kappa shape index (κ3) is 4.45. The van der Waals surface area contributed by atoms with E-state index in [2.05, 4.69) is 39.3 Å². The molecule has 0 radical (unpaired) electrons. The van der Waals surface area contributed by atoms with E-state index in [1.165, 1.54) is 5.56 Å². The Morgan fingerprint density at radius 1 is 1.45 bits per heavy atom. The molecule has 1 aromatic carbocycles. The maximum atomic E-state index is 5.70. The van der Waals surface area contributed by atoms with Crippen LogP contribution in [-0.2, 0) is 4.74 Å². The molecule has 0 spiro atoms. The molecule has 0 amide bonds. The predicted molar refractivity (Wildman–Crippen MR) is 84.4 cm³/mol. The number of fused-ring (bicyclic) bond motifs is 1. The maximum absolute atomic E-state index is 5.70. The van der Waals surface area contributed by atoms with E-state index in [0.717, 1.165) is 49.5 Å². The fraction of sp³-hybridized carbons (Fsp3) is 0.600. The highest BCUT2D eigenvalue weighted by Crippen LogP contribution is 2.33. The van der Waals surface area contributed by atoms with Gasteiger partial charge >= 0.3 is 0 Å². The Morgan fingerprint density at radius 3 is 3.10 bits per heavy atom. The van der Waals surface area contributed by atoms with Crippen LogP contribution in [0, 0.1) is 0 Å². The molecule has 1 N–H and O–H groups in total. The lowest BCUT2D eigenvalue weighted by Gasteiger charge is -2.28. The zero-order valence-electron chi connectivity index (χ0n) is 12.2. The third-order valence-corrected chi connectivity index (χ3v) is 4.07. The van der Waals surface area contributed by atoms with Crippen LogP contribution in [0.1, 0.15) is 18.0 Å². The molecular weight excluding hydrogens is 320 g/mol. The Morgan fingerprint density at radius 2 is 2.30 bits per heavy atom. The second-order valence-corrected chi connectivity index (χ2v) is 6.04. The maximum Gasteiger partial charge on any atom is 0.124 e. The number of ether oxygens (including phenoxy) is 2. The minimum atomic E-state index is 0.382. The molecule has 0 aromatic heterocycles. The van der Waals surface area contributed by atoms with Crippen molar-refractivity contribution >= 4 is 15.9 Å². The van der Waals surface area contributed by atoms with Crippen LogP contribution in [0.15, 0.2) is 22.7 Å². The van der Waals surface area contributed by atoms with E-state index in [1.54, 1.807) is 7.11 Å². The molecule has 112 valence electrons. The standard InChI is InChI=1S/C15H23BrN2O2/c1-18(8-10-19-2)7-6-17-14-5-9-20-15-4-3-12(16)11-13(14)15/h3-4,11,14,17H,5-10H2,1-2H3. The lowest BCUT2D eigenvalue weighted by molar-refractivity contribution is 0.160. The van der Waals surface area contributed by atoms with Gasteiger partial charge in [0.2, 0.25) is 0 Å². The number of likely N-dealkylation sites (N-methyl/N-ethyl adjacent to an activating group) is 1. The van der Waals surface area contributed by atoms with Crippen LogP contribution in [0.5, 0.6) is 5.75 Å². The summed E-state index contributed by atoms with van der Waals surface area (Å²) in [5.74, 6) is 1.00. The number of methoxy groups -OCH3 is 1. The molecule has 0 saturated heterocycles. The SMILES string of the molecule is COCCN(C)CCNC1CCOc2ccc(Br)cc21. The fourth-order valence-corrected chi connectivity index (χ4v) is 2.74. The summed E-state index contributed by atoms with van der Waals surface area (Å²) in [7, 11) is 3.86. The number of nitrogens with one attached hydrogen (secondary N) is 1. The summed E-state index contributed by atoms with van der Waals surface area (Å²) in [5.41, 5.74) is 1.25. The van der Waals surface area contributed by atoms with Gasteiger partial charge in [-0.05, 0) is 25.2 Å². The third-order valence-electron chi connectivity index (χ3n) is 3.57. The number of nitrogens with zero attached hydrogens (tertiary/aromatic N) is 1. The van der Waals surface area contributed by atoms with Crippen LogP contribution in [0.2, 0.25) is 0 Å². The summed E-state index contributed by atoms with van der Waals surface area (Å²) in [6.45, 7) is 4.52. The van der Waals surface area contributed by atoms with Crippen molar-refractivity contribution < 1.29 is 9.47 Å². The topological polar surface area (TPSA) is 33.7 Å². The van der Waals surface area contributed by atoms with Crippen molar-refractivity contribution in [2.45, 2.75) is 12.5 Å². The molecule has 1 unspecified atom stereocenters. The van der Waals surface area contributed by atoms with E-state index < -0.39 is 0 Å². The van der Waals surface area contributed by atoms with Gasteiger partial charge in [-0.25, -0.2) is 0 Å². The van der Waals surface area contributed by atoms with Gasteiger partial charge < -0.3 is 19.7 Å². The highest BCUT2D eigenvalue weighted by atomic mass is 79.9. The van der Waals surface area contributed by atoms with Gasteiger partial charge in [0.1, 0.15) is 5.75 Å². The molecule has 0 aliphatic carbocycles. The quantitative estimate of drug-likeness (QED) is 0.825. The number of hydrogen-bond donors (Lipinski definition) is 1. The van der Waals surface area contributed by atoms with Gasteiger partial charge in [-0.2, -0.15) is 0 Å². The monoisotopic (exact) mass is 342 g/mol. The molecule has 0 saturated carbocycles. The van der Waals surface area contributed by atoms with Crippen molar-refractivity contribution in [3.05, 3.63) is 28.2 Å². The van der Waals surface area contributed by atoms with Gasteiger partial charge in [0.05, 0.1) is 13.2 Å². The van der Waals surface area contributed by atoms with Gasteiger partial charge in [0, 0.05) is 49.2 Å². The Balaban J connectivity index is 1.84.